The van der Waals surface area contributed by atoms with E-state index in [1.54, 1.807) is 0 Å². The number of halogens is 6. The molecule has 1 aromatic carbocycles. The van der Waals surface area contributed by atoms with Crippen LogP contribution in [-0.2, 0) is 12.4 Å². The first kappa shape index (κ1) is 15.9. The molecule has 116 valence electrons. The first-order chi connectivity index (χ1) is 9.61. The number of rotatable bonds is 2. The first-order valence-corrected chi connectivity index (χ1v) is 6.47. The van der Waals surface area contributed by atoms with Crippen molar-refractivity contribution in [3.8, 4) is 0 Å². The number of benzene rings is 1. The molecule has 0 saturated heterocycles. The van der Waals surface area contributed by atoms with Crippen molar-refractivity contribution in [1.29, 1.82) is 0 Å². The van der Waals surface area contributed by atoms with E-state index < -0.39 is 23.5 Å². The molecular formula is C14H13F6N. The molecule has 0 bridgehead atoms. The van der Waals surface area contributed by atoms with Crippen LogP contribution in [0.1, 0.15) is 42.9 Å². The van der Waals surface area contributed by atoms with Crippen LogP contribution in [0.4, 0.5) is 26.3 Å². The number of alkyl halides is 6. The van der Waals surface area contributed by atoms with Crippen molar-refractivity contribution in [3.05, 3.63) is 34.9 Å². The lowest BCUT2D eigenvalue weighted by Crippen LogP contribution is -2.13. The van der Waals surface area contributed by atoms with Crippen LogP contribution >= 0.6 is 0 Å². The van der Waals surface area contributed by atoms with E-state index in [1.807, 2.05) is 6.92 Å². The van der Waals surface area contributed by atoms with Crippen LogP contribution < -0.4 is 0 Å². The summed E-state index contributed by atoms with van der Waals surface area (Å²) in [5, 5.41) is 0. The minimum atomic E-state index is -4.82. The molecule has 1 unspecified atom stereocenters. The van der Waals surface area contributed by atoms with Crippen molar-refractivity contribution in [2.24, 2.45) is 4.99 Å². The van der Waals surface area contributed by atoms with Gasteiger partial charge < -0.3 is 0 Å². The van der Waals surface area contributed by atoms with Crippen molar-refractivity contribution in [2.75, 3.05) is 0 Å². The quantitative estimate of drug-likeness (QED) is 0.675. The van der Waals surface area contributed by atoms with Gasteiger partial charge in [-0.15, -0.1) is 0 Å². The molecule has 1 heterocycles. The smallest absolute Gasteiger partial charge is 0.286 e. The standard InChI is InChI=1S/C14H13F6N/c1-2-11-3-4-12(21-11)8-5-9(13(15,16)17)7-10(6-8)14(18,19)20/h5-7,11H,2-4H2,1H3. The SMILES string of the molecule is CCC1CCC(c2cc(C(F)(F)F)cc(C(F)(F)F)c2)=N1. The van der Waals surface area contributed by atoms with E-state index in [1.165, 1.54) is 0 Å². The van der Waals surface area contributed by atoms with Crippen molar-refractivity contribution >= 4 is 5.71 Å². The van der Waals surface area contributed by atoms with Crippen LogP contribution in [0.15, 0.2) is 23.2 Å². The third-order valence-corrected chi connectivity index (χ3v) is 3.44. The highest BCUT2D eigenvalue weighted by Gasteiger charge is 2.37. The number of hydrogen-bond donors (Lipinski definition) is 0. The van der Waals surface area contributed by atoms with Crippen LogP contribution in [0, 0.1) is 0 Å². The number of nitrogens with zero attached hydrogens (tertiary/aromatic N) is 1. The van der Waals surface area contributed by atoms with E-state index in [0.717, 1.165) is 12.1 Å². The Morgan fingerprint density at radius 1 is 1.00 bits per heavy atom. The second-order valence-electron chi connectivity index (χ2n) is 4.97. The van der Waals surface area contributed by atoms with Gasteiger partial charge in [-0.2, -0.15) is 26.3 Å². The molecule has 1 nitrogen and oxygen atoms in total. The summed E-state index contributed by atoms with van der Waals surface area (Å²) in [6.45, 7) is 1.88. The molecule has 21 heavy (non-hydrogen) atoms. The molecule has 0 aliphatic carbocycles. The Kier molecular flexibility index (Phi) is 4.04. The average Bonchev–Trinajstić information content (AvgIpc) is 2.85. The van der Waals surface area contributed by atoms with Gasteiger partial charge in [-0.1, -0.05) is 6.92 Å². The Morgan fingerprint density at radius 2 is 1.52 bits per heavy atom. The molecule has 0 N–H and O–H groups in total. The molecular weight excluding hydrogens is 296 g/mol. The van der Waals surface area contributed by atoms with Gasteiger partial charge in [-0.25, -0.2) is 0 Å². The summed E-state index contributed by atoms with van der Waals surface area (Å²) in [4.78, 5) is 4.21. The molecule has 1 aliphatic rings. The third-order valence-electron chi connectivity index (χ3n) is 3.44. The van der Waals surface area contributed by atoms with E-state index >= 15 is 0 Å². The molecule has 0 saturated carbocycles. The molecule has 1 atom stereocenters. The van der Waals surface area contributed by atoms with Gasteiger partial charge in [0.05, 0.1) is 17.2 Å². The van der Waals surface area contributed by atoms with Gasteiger partial charge >= 0.3 is 12.4 Å². The maximum Gasteiger partial charge on any atom is 0.416 e. The van der Waals surface area contributed by atoms with Crippen LogP contribution in [0.2, 0.25) is 0 Å². The minimum absolute atomic E-state index is 0.0242. The molecule has 0 fully saturated rings. The van der Waals surface area contributed by atoms with Crippen LogP contribution in [0.3, 0.4) is 0 Å². The first-order valence-electron chi connectivity index (χ1n) is 6.47. The molecule has 1 aromatic rings. The van der Waals surface area contributed by atoms with Gasteiger partial charge in [0.1, 0.15) is 0 Å². The zero-order valence-corrected chi connectivity index (χ0v) is 11.1. The zero-order valence-electron chi connectivity index (χ0n) is 11.1. The fraction of sp³-hybridized carbons (Fsp3) is 0.500. The molecule has 1 aliphatic heterocycles. The second kappa shape index (κ2) is 5.35. The molecule has 0 radical (unpaired) electrons. The van der Waals surface area contributed by atoms with E-state index in [-0.39, 0.29) is 17.7 Å². The van der Waals surface area contributed by atoms with Crippen LogP contribution in [0.25, 0.3) is 0 Å². The summed E-state index contributed by atoms with van der Waals surface area (Å²) >= 11 is 0. The van der Waals surface area contributed by atoms with E-state index in [0.29, 0.717) is 25.0 Å². The Hall–Kier alpha value is -1.53. The minimum Gasteiger partial charge on any atom is -0.286 e. The number of hydrogen-bond acceptors (Lipinski definition) is 1. The largest absolute Gasteiger partial charge is 0.416 e. The van der Waals surface area contributed by atoms with Gasteiger partial charge in [0.15, 0.2) is 0 Å². The monoisotopic (exact) mass is 309 g/mol. The Bertz CT molecular complexity index is 523. The van der Waals surface area contributed by atoms with Crippen molar-refractivity contribution in [3.63, 3.8) is 0 Å². The van der Waals surface area contributed by atoms with Crippen molar-refractivity contribution < 1.29 is 26.3 Å². The highest BCUT2D eigenvalue weighted by Crippen LogP contribution is 2.37. The molecule has 0 aromatic heterocycles. The van der Waals surface area contributed by atoms with Gasteiger partial charge in [0, 0.05) is 5.71 Å². The molecule has 0 spiro atoms. The topological polar surface area (TPSA) is 12.4 Å². The normalized spacial score (nSPS) is 19.8. The fourth-order valence-electron chi connectivity index (χ4n) is 2.29. The van der Waals surface area contributed by atoms with E-state index in [4.69, 9.17) is 0 Å². The lowest BCUT2D eigenvalue weighted by atomic mass is 10.00. The predicted molar refractivity (Wildman–Crippen MR) is 66.3 cm³/mol. The van der Waals surface area contributed by atoms with E-state index in [2.05, 4.69) is 4.99 Å². The Labute approximate surface area is 117 Å². The van der Waals surface area contributed by atoms with Crippen LogP contribution in [0.5, 0.6) is 0 Å². The Balaban J connectivity index is 2.51. The summed E-state index contributed by atoms with van der Waals surface area (Å²) in [6, 6.07) is 1.60. The van der Waals surface area contributed by atoms with Crippen molar-refractivity contribution in [2.45, 2.75) is 44.6 Å². The second-order valence-corrected chi connectivity index (χ2v) is 4.97. The average molecular weight is 309 g/mol. The van der Waals surface area contributed by atoms with Crippen molar-refractivity contribution in [1.82, 2.24) is 0 Å². The maximum atomic E-state index is 12.8. The fourth-order valence-corrected chi connectivity index (χ4v) is 2.29. The summed E-state index contributed by atoms with van der Waals surface area (Å²) < 4.78 is 76.6. The molecule has 2 rings (SSSR count). The number of aliphatic imine (C=N–C) groups is 1. The zero-order chi connectivity index (χ0) is 15.8. The van der Waals surface area contributed by atoms with Crippen LogP contribution in [-0.4, -0.2) is 11.8 Å². The molecule has 7 heteroatoms. The lowest BCUT2D eigenvalue weighted by Gasteiger charge is -2.14. The van der Waals surface area contributed by atoms with Gasteiger partial charge in [-0.3, -0.25) is 4.99 Å². The third kappa shape index (κ3) is 3.57. The highest BCUT2D eigenvalue weighted by molar-refractivity contribution is 6.02. The Morgan fingerprint density at radius 3 is 1.90 bits per heavy atom. The summed E-state index contributed by atoms with van der Waals surface area (Å²) in [6.07, 6.45) is -7.87. The van der Waals surface area contributed by atoms with E-state index in [9.17, 15) is 26.3 Å². The summed E-state index contributed by atoms with van der Waals surface area (Å²) in [5.41, 5.74) is -2.36. The van der Waals surface area contributed by atoms with Gasteiger partial charge in [0.25, 0.3) is 0 Å². The summed E-state index contributed by atoms with van der Waals surface area (Å²) in [7, 11) is 0. The predicted octanol–water partition coefficient (Wildman–Crippen LogP) is 5.09. The highest BCUT2D eigenvalue weighted by atomic mass is 19.4. The maximum absolute atomic E-state index is 12.8. The summed E-state index contributed by atoms with van der Waals surface area (Å²) in [5.74, 6) is 0. The molecule has 0 amide bonds. The van der Waals surface area contributed by atoms with Gasteiger partial charge in [-0.05, 0) is 43.0 Å². The lowest BCUT2D eigenvalue weighted by molar-refractivity contribution is -0.143. The van der Waals surface area contributed by atoms with Gasteiger partial charge in [0.2, 0.25) is 0 Å².